The molecule has 8 heteroatoms. The minimum absolute atomic E-state index is 0.102. The SMILES string of the molecule is Oc1ccc(C2(c3ccc(O)c(C(F)(F)F)c3)C3CC4CC(C3)CC2C4)cc1C(F)(F)F. The maximum atomic E-state index is 13.6. The first kappa shape index (κ1) is 21.5. The molecule has 0 amide bonds. The van der Waals surface area contributed by atoms with Crippen molar-refractivity contribution >= 4 is 0 Å². The van der Waals surface area contributed by atoms with E-state index < -0.39 is 40.4 Å². The highest BCUT2D eigenvalue weighted by Crippen LogP contribution is 2.65. The van der Waals surface area contributed by atoms with Gasteiger partial charge in [-0.1, -0.05) is 12.1 Å². The van der Waals surface area contributed by atoms with Crippen molar-refractivity contribution in [2.24, 2.45) is 23.7 Å². The van der Waals surface area contributed by atoms with Crippen molar-refractivity contribution in [3.05, 3.63) is 58.7 Å². The monoisotopic (exact) mass is 456 g/mol. The molecule has 4 fully saturated rings. The van der Waals surface area contributed by atoms with Gasteiger partial charge in [0.1, 0.15) is 11.5 Å². The summed E-state index contributed by atoms with van der Waals surface area (Å²) in [7, 11) is 0. The van der Waals surface area contributed by atoms with Crippen LogP contribution in [-0.4, -0.2) is 10.2 Å². The number of phenolic OH excluding ortho intramolecular Hbond substituents is 2. The highest BCUT2D eigenvalue weighted by molar-refractivity contribution is 5.51. The van der Waals surface area contributed by atoms with Gasteiger partial charge in [-0.25, -0.2) is 0 Å². The molecule has 0 saturated heterocycles. The average molecular weight is 456 g/mol. The third kappa shape index (κ3) is 3.09. The second-order valence-electron chi connectivity index (χ2n) is 9.63. The largest absolute Gasteiger partial charge is 0.507 e. The molecule has 0 radical (unpaired) electrons. The van der Waals surface area contributed by atoms with E-state index in [1.54, 1.807) is 0 Å². The average Bonchev–Trinajstić information content (AvgIpc) is 2.67. The third-order valence-corrected chi connectivity index (χ3v) is 7.99. The van der Waals surface area contributed by atoms with Gasteiger partial charge in [0.05, 0.1) is 11.1 Å². The van der Waals surface area contributed by atoms with Gasteiger partial charge < -0.3 is 10.2 Å². The summed E-state index contributed by atoms with van der Waals surface area (Å²) in [5.41, 5.74) is -2.82. The summed E-state index contributed by atoms with van der Waals surface area (Å²) in [6.07, 6.45) is -5.53. The van der Waals surface area contributed by atoms with Crippen LogP contribution in [0.2, 0.25) is 0 Å². The molecule has 4 saturated carbocycles. The van der Waals surface area contributed by atoms with Crippen LogP contribution >= 0.6 is 0 Å². The molecule has 2 aromatic rings. The van der Waals surface area contributed by atoms with E-state index in [2.05, 4.69) is 0 Å². The Labute approximate surface area is 180 Å². The molecule has 0 heterocycles. The van der Waals surface area contributed by atoms with E-state index in [0.29, 0.717) is 11.8 Å². The third-order valence-electron chi connectivity index (χ3n) is 7.99. The van der Waals surface area contributed by atoms with Crippen LogP contribution in [0.4, 0.5) is 26.3 Å². The second-order valence-corrected chi connectivity index (χ2v) is 9.63. The number of alkyl halides is 6. The summed E-state index contributed by atoms with van der Waals surface area (Å²) >= 11 is 0. The van der Waals surface area contributed by atoms with Crippen LogP contribution in [0.5, 0.6) is 11.5 Å². The van der Waals surface area contributed by atoms with E-state index in [0.717, 1.165) is 56.4 Å². The summed E-state index contributed by atoms with van der Waals surface area (Å²) in [6.45, 7) is 0. The van der Waals surface area contributed by atoms with Crippen molar-refractivity contribution in [1.29, 1.82) is 0 Å². The molecule has 4 bridgehead atoms. The Balaban J connectivity index is 1.77. The van der Waals surface area contributed by atoms with Gasteiger partial charge in [-0.15, -0.1) is 0 Å². The molecule has 2 nitrogen and oxygen atoms in total. The molecule has 0 aliphatic heterocycles. The topological polar surface area (TPSA) is 40.5 Å². The summed E-state index contributed by atoms with van der Waals surface area (Å²) < 4.78 is 81.7. The molecule has 2 N–H and O–H groups in total. The summed E-state index contributed by atoms with van der Waals surface area (Å²) in [5.74, 6) is -1.14. The fourth-order valence-corrected chi connectivity index (χ4v) is 7.08. The fourth-order valence-electron chi connectivity index (χ4n) is 7.08. The molecule has 0 unspecified atom stereocenters. The lowest BCUT2D eigenvalue weighted by Gasteiger charge is -2.62. The predicted octanol–water partition coefficient (Wildman–Crippen LogP) is 6.88. The second kappa shape index (κ2) is 6.81. The predicted molar refractivity (Wildman–Crippen MR) is 104 cm³/mol. The van der Waals surface area contributed by atoms with E-state index in [4.69, 9.17) is 0 Å². The van der Waals surface area contributed by atoms with Crippen molar-refractivity contribution in [1.82, 2.24) is 0 Å². The number of benzene rings is 2. The minimum Gasteiger partial charge on any atom is -0.507 e. The van der Waals surface area contributed by atoms with Crippen molar-refractivity contribution < 1.29 is 36.6 Å². The maximum absolute atomic E-state index is 13.6. The highest BCUT2D eigenvalue weighted by atomic mass is 19.4. The molecule has 0 spiro atoms. The minimum atomic E-state index is -4.79. The Bertz CT molecular complexity index is 962. The lowest BCUT2D eigenvalue weighted by atomic mass is 9.42. The fraction of sp³-hybridized carbons (Fsp3) is 0.500. The smallest absolute Gasteiger partial charge is 0.419 e. The molecule has 32 heavy (non-hydrogen) atoms. The van der Waals surface area contributed by atoms with Crippen LogP contribution in [0.25, 0.3) is 0 Å². The van der Waals surface area contributed by atoms with Crippen molar-refractivity contribution in [3.8, 4) is 11.5 Å². The molecule has 0 atom stereocenters. The first-order valence-corrected chi connectivity index (χ1v) is 10.7. The van der Waals surface area contributed by atoms with E-state index in [-0.39, 0.29) is 23.0 Å². The lowest BCUT2D eigenvalue weighted by molar-refractivity contribution is -0.139. The number of hydrogen-bond donors (Lipinski definition) is 2. The normalized spacial score (nSPS) is 28.8. The molecule has 172 valence electrons. The number of rotatable bonds is 2. The molecule has 6 rings (SSSR count). The summed E-state index contributed by atoms with van der Waals surface area (Å²) in [5, 5.41) is 19.7. The molecule has 0 aromatic heterocycles. The molecular formula is C24H22F6O2. The van der Waals surface area contributed by atoms with Gasteiger partial charge in [-0.05, 0) is 91.2 Å². The van der Waals surface area contributed by atoms with Crippen LogP contribution < -0.4 is 0 Å². The van der Waals surface area contributed by atoms with Gasteiger partial charge in [0.25, 0.3) is 0 Å². The van der Waals surface area contributed by atoms with Crippen molar-refractivity contribution in [2.75, 3.05) is 0 Å². The van der Waals surface area contributed by atoms with Gasteiger partial charge >= 0.3 is 12.4 Å². The summed E-state index contributed by atoms with van der Waals surface area (Å²) in [6, 6.07) is 6.67. The van der Waals surface area contributed by atoms with E-state index >= 15 is 0 Å². The maximum Gasteiger partial charge on any atom is 0.419 e. The Morgan fingerprint density at radius 2 is 1.00 bits per heavy atom. The van der Waals surface area contributed by atoms with Crippen LogP contribution in [-0.2, 0) is 17.8 Å². The van der Waals surface area contributed by atoms with Gasteiger partial charge in [0.2, 0.25) is 0 Å². The number of aromatic hydroxyl groups is 2. The standard InChI is InChI=1S/C24H22F6O2/c25-23(26,27)18-10-14(1-3-20(18)31)22(15-2-4-21(32)19(11-15)24(28,29)30)16-6-12-5-13(8-16)9-17(22)7-12/h1-4,10-13,16-17,31-32H,5-9H2. The van der Waals surface area contributed by atoms with Gasteiger partial charge in [0, 0.05) is 5.41 Å². The van der Waals surface area contributed by atoms with Crippen molar-refractivity contribution in [2.45, 2.75) is 49.9 Å². The van der Waals surface area contributed by atoms with Crippen LogP contribution in [0.1, 0.15) is 54.4 Å². The molecule has 4 aliphatic rings. The quantitative estimate of drug-likeness (QED) is 0.484. The molecule has 4 aliphatic carbocycles. The van der Waals surface area contributed by atoms with Crippen LogP contribution in [0.3, 0.4) is 0 Å². The number of hydrogen-bond acceptors (Lipinski definition) is 2. The summed E-state index contributed by atoms with van der Waals surface area (Å²) in [4.78, 5) is 0. The first-order valence-electron chi connectivity index (χ1n) is 10.7. The molecule has 2 aromatic carbocycles. The lowest BCUT2D eigenvalue weighted by Crippen LogP contribution is -2.56. The highest BCUT2D eigenvalue weighted by Gasteiger charge is 2.59. The zero-order valence-corrected chi connectivity index (χ0v) is 17.0. The Hall–Kier alpha value is -2.38. The Kier molecular flexibility index (Phi) is 4.57. The van der Waals surface area contributed by atoms with Gasteiger partial charge in [-0.2, -0.15) is 26.3 Å². The Morgan fingerprint density at radius 1 is 0.625 bits per heavy atom. The van der Waals surface area contributed by atoms with Gasteiger partial charge in [-0.3, -0.25) is 0 Å². The zero-order valence-electron chi connectivity index (χ0n) is 17.0. The molecular weight excluding hydrogens is 434 g/mol. The van der Waals surface area contributed by atoms with Crippen LogP contribution in [0, 0.1) is 23.7 Å². The van der Waals surface area contributed by atoms with E-state index in [1.165, 1.54) is 12.1 Å². The van der Waals surface area contributed by atoms with Gasteiger partial charge in [0.15, 0.2) is 0 Å². The van der Waals surface area contributed by atoms with Crippen LogP contribution in [0.15, 0.2) is 36.4 Å². The first-order chi connectivity index (χ1) is 14.9. The van der Waals surface area contributed by atoms with Crippen molar-refractivity contribution in [3.63, 3.8) is 0 Å². The number of phenols is 2. The van der Waals surface area contributed by atoms with E-state index in [1.807, 2.05) is 0 Å². The Morgan fingerprint density at radius 3 is 1.34 bits per heavy atom. The zero-order chi connectivity index (χ0) is 23.1. The van der Waals surface area contributed by atoms with E-state index in [9.17, 15) is 36.6 Å². The number of halogens is 6.